The summed E-state index contributed by atoms with van der Waals surface area (Å²) in [6, 6.07) is 12.6. The van der Waals surface area contributed by atoms with Crippen LogP contribution in [-0.4, -0.2) is 35.4 Å². The van der Waals surface area contributed by atoms with E-state index in [2.05, 4.69) is 30.8 Å². The van der Waals surface area contributed by atoms with Crippen molar-refractivity contribution in [3.8, 4) is 16.9 Å². The average molecular weight is 563 g/mol. The molecule has 37 heavy (non-hydrogen) atoms. The van der Waals surface area contributed by atoms with E-state index in [4.69, 9.17) is 39.5 Å². The Hall–Kier alpha value is -2.31. The highest BCUT2D eigenvalue weighted by atomic mass is 35.5. The van der Waals surface area contributed by atoms with Crippen molar-refractivity contribution < 1.29 is 9.53 Å². The number of amides is 1. The standard InChI is InChI=1S/C29H34Cl3N3O2/c1-5-7-21(6-2)19(3)14-16-37-17-15-33-29(36)27-20(4)28(22-8-10-23(30)11-9-22)35(34-27)26-13-12-24(31)18-25(26)32/h5,8-13,18-19,21H,1,6-7,14-17H2,2-4H3,(H,33,36). The van der Waals surface area contributed by atoms with Gasteiger partial charge in [0.25, 0.3) is 5.91 Å². The normalized spacial score (nSPS) is 12.8. The molecule has 2 unspecified atom stereocenters. The zero-order valence-electron chi connectivity index (χ0n) is 21.6. The molecule has 2 atom stereocenters. The molecular weight excluding hydrogens is 529 g/mol. The molecule has 1 aromatic heterocycles. The lowest BCUT2D eigenvalue weighted by Gasteiger charge is -2.21. The minimum Gasteiger partial charge on any atom is -0.380 e. The van der Waals surface area contributed by atoms with E-state index in [0.717, 1.165) is 36.1 Å². The SMILES string of the molecule is C=CCC(CC)C(C)CCOCCNC(=O)c1nn(-c2ccc(Cl)cc2Cl)c(-c2ccc(Cl)cc2)c1C. The number of ether oxygens (including phenoxy) is 1. The monoisotopic (exact) mass is 561 g/mol. The highest BCUT2D eigenvalue weighted by Crippen LogP contribution is 2.33. The number of carbonyl (C=O) groups excluding carboxylic acids is 1. The summed E-state index contributed by atoms with van der Waals surface area (Å²) in [7, 11) is 0. The molecule has 8 heteroatoms. The zero-order valence-corrected chi connectivity index (χ0v) is 23.8. The van der Waals surface area contributed by atoms with Gasteiger partial charge in [0.2, 0.25) is 0 Å². The lowest BCUT2D eigenvalue weighted by atomic mass is 9.87. The maximum atomic E-state index is 13.1. The van der Waals surface area contributed by atoms with Gasteiger partial charge in [-0.3, -0.25) is 4.79 Å². The summed E-state index contributed by atoms with van der Waals surface area (Å²) in [5.74, 6) is 0.920. The van der Waals surface area contributed by atoms with Crippen LogP contribution in [0.5, 0.6) is 0 Å². The molecule has 0 saturated carbocycles. The Labute approximate surface area is 234 Å². The molecule has 3 rings (SSSR count). The van der Waals surface area contributed by atoms with Crippen molar-refractivity contribution in [2.24, 2.45) is 11.8 Å². The number of halogens is 3. The Morgan fingerprint density at radius 2 is 1.84 bits per heavy atom. The number of allylic oxidation sites excluding steroid dienone is 1. The quantitative estimate of drug-likeness (QED) is 0.169. The Morgan fingerprint density at radius 3 is 2.49 bits per heavy atom. The molecule has 5 nitrogen and oxygen atoms in total. The minimum atomic E-state index is -0.273. The van der Waals surface area contributed by atoms with Crippen molar-refractivity contribution in [2.45, 2.75) is 40.0 Å². The first-order chi connectivity index (χ1) is 17.8. The first-order valence-corrected chi connectivity index (χ1v) is 13.7. The summed E-state index contributed by atoms with van der Waals surface area (Å²) in [5, 5.41) is 9.15. The number of nitrogens with one attached hydrogen (secondary N) is 1. The van der Waals surface area contributed by atoms with E-state index in [1.807, 2.05) is 25.1 Å². The van der Waals surface area contributed by atoms with Gasteiger partial charge in [0.1, 0.15) is 0 Å². The first kappa shape index (κ1) is 29.2. The fourth-order valence-corrected chi connectivity index (χ4v) is 5.04. The van der Waals surface area contributed by atoms with Gasteiger partial charge in [0, 0.05) is 34.3 Å². The van der Waals surface area contributed by atoms with Crippen molar-refractivity contribution in [2.75, 3.05) is 19.8 Å². The van der Waals surface area contributed by atoms with Crippen molar-refractivity contribution >= 4 is 40.7 Å². The molecule has 198 valence electrons. The molecule has 0 radical (unpaired) electrons. The van der Waals surface area contributed by atoms with E-state index in [-0.39, 0.29) is 5.91 Å². The van der Waals surface area contributed by atoms with Crippen LogP contribution < -0.4 is 5.32 Å². The Balaban J connectivity index is 1.70. The van der Waals surface area contributed by atoms with Crippen LogP contribution in [0.1, 0.15) is 49.2 Å². The van der Waals surface area contributed by atoms with E-state index in [9.17, 15) is 4.79 Å². The Bertz CT molecular complexity index is 1210. The molecule has 0 spiro atoms. The van der Waals surface area contributed by atoms with Crippen molar-refractivity contribution in [3.05, 3.63) is 81.4 Å². The van der Waals surface area contributed by atoms with E-state index in [1.54, 1.807) is 35.0 Å². The van der Waals surface area contributed by atoms with Gasteiger partial charge in [-0.05, 0) is 61.9 Å². The van der Waals surface area contributed by atoms with Crippen LogP contribution in [0.15, 0.2) is 55.1 Å². The van der Waals surface area contributed by atoms with E-state index < -0.39 is 0 Å². The van der Waals surface area contributed by atoms with Gasteiger partial charge in [-0.15, -0.1) is 6.58 Å². The number of rotatable bonds is 13. The topological polar surface area (TPSA) is 56.1 Å². The van der Waals surface area contributed by atoms with E-state index in [0.29, 0.717) is 58.0 Å². The summed E-state index contributed by atoms with van der Waals surface area (Å²) in [4.78, 5) is 13.1. The molecule has 0 aliphatic carbocycles. The highest BCUT2D eigenvalue weighted by molar-refractivity contribution is 6.35. The Morgan fingerprint density at radius 1 is 1.14 bits per heavy atom. The smallest absolute Gasteiger partial charge is 0.272 e. The molecule has 1 heterocycles. The third-order valence-corrected chi connectivity index (χ3v) is 7.43. The third kappa shape index (κ3) is 7.61. The number of benzene rings is 2. The second kappa shape index (κ2) is 14.0. The van der Waals surface area contributed by atoms with Gasteiger partial charge >= 0.3 is 0 Å². The summed E-state index contributed by atoms with van der Waals surface area (Å²) >= 11 is 18.7. The van der Waals surface area contributed by atoms with Crippen LogP contribution >= 0.6 is 34.8 Å². The predicted octanol–water partition coefficient (Wildman–Crippen LogP) is 8.18. The molecule has 3 aromatic rings. The second-order valence-electron chi connectivity index (χ2n) is 9.16. The van der Waals surface area contributed by atoms with Crippen LogP contribution in [0.25, 0.3) is 16.9 Å². The van der Waals surface area contributed by atoms with Crippen molar-refractivity contribution in [1.29, 1.82) is 0 Å². The number of hydrogen-bond donors (Lipinski definition) is 1. The lowest BCUT2D eigenvalue weighted by molar-refractivity contribution is 0.0888. The van der Waals surface area contributed by atoms with E-state index >= 15 is 0 Å². The first-order valence-electron chi connectivity index (χ1n) is 12.5. The molecular formula is C29H34Cl3N3O2. The van der Waals surface area contributed by atoms with E-state index in [1.165, 1.54) is 0 Å². The van der Waals surface area contributed by atoms with Gasteiger partial charge < -0.3 is 10.1 Å². The van der Waals surface area contributed by atoms with Gasteiger partial charge in [0.15, 0.2) is 5.69 Å². The summed E-state index contributed by atoms with van der Waals surface area (Å²) in [6.45, 7) is 11.7. The molecule has 0 fully saturated rings. The molecule has 0 bridgehead atoms. The summed E-state index contributed by atoms with van der Waals surface area (Å²) < 4.78 is 7.47. The van der Waals surface area contributed by atoms with Crippen LogP contribution in [0.4, 0.5) is 0 Å². The fourth-order valence-electron chi connectivity index (χ4n) is 4.43. The molecule has 1 amide bonds. The molecule has 0 saturated heterocycles. The van der Waals surface area contributed by atoms with Crippen molar-refractivity contribution in [3.63, 3.8) is 0 Å². The van der Waals surface area contributed by atoms with Gasteiger partial charge in [-0.2, -0.15) is 5.10 Å². The number of carbonyl (C=O) groups is 1. The van der Waals surface area contributed by atoms with Crippen molar-refractivity contribution in [1.82, 2.24) is 15.1 Å². The molecule has 0 aliphatic heterocycles. The maximum Gasteiger partial charge on any atom is 0.272 e. The summed E-state index contributed by atoms with van der Waals surface area (Å²) in [6.07, 6.45) is 5.13. The fraction of sp³-hybridized carbons (Fsp3) is 0.379. The zero-order chi connectivity index (χ0) is 26.9. The largest absolute Gasteiger partial charge is 0.380 e. The van der Waals surface area contributed by atoms with Crippen LogP contribution in [0.3, 0.4) is 0 Å². The van der Waals surface area contributed by atoms with Crippen LogP contribution in [0, 0.1) is 18.8 Å². The number of nitrogens with zero attached hydrogens (tertiary/aromatic N) is 2. The summed E-state index contributed by atoms with van der Waals surface area (Å²) in [5.41, 5.74) is 3.28. The van der Waals surface area contributed by atoms with Crippen LogP contribution in [0.2, 0.25) is 15.1 Å². The van der Waals surface area contributed by atoms with Gasteiger partial charge in [-0.25, -0.2) is 4.68 Å². The van der Waals surface area contributed by atoms with Gasteiger partial charge in [-0.1, -0.05) is 73.3 Å². The third-order valence-electron chi connectivity index (χ3n) is 6.64. The van der Waals surface area contributed by atoms with Crippen LogP contribution in [-0.2, 0) is 4.74 Å². The lowest BCUT2D eigenvalue weighted by Crippen LogP contribution is -2.28. The Kier molecular flexibility index (Phi) is 11.1. The molecule has 1 N–H and O–H groups in total. The second-order valence-corrected chi connectivity index (χ2v) is 10.4. The maximum absolute atomic E-state index is 13.1. The number of aromatic nitrogens is 2. The minimum absolute atomic E-state index is 0.273. The molecule has 2 aromatic carbocycles. The molecule has 0 aliphatic rings. The van der Waals surface area contributed by atoms with Gasteiger partial charge in [0.05, 0.1) is 23.0 Å². The average Bonchev–Trinajstić information content (AvgIpc) is 3.21. The predicted molar refractivity (Wildman–Crippen MR) is 154 cm³/mol. The number of hydrogen-bond acceptors (Lipinski definition) is 3. The highest BCUT2D eigenvalue weighted by Gasteiger charge is 2.23.